The maximum Gasteiger partial charge on any atom is 0.239 e. The number of nitrogens with one attached hydrogen (secondary N) is 1. The van der Waals surface area contributed by atoms with Crippen molar-refractivity contribution in [3.8, 4) is 0 Å². The number of carbonyl (C=O) groups excluding carboxylic acids is 1. The van der Waals surface area contributed by atoms with Crippen LogP contribution in [0.25, 0.3) is 0 Å². The molecule has 0 unspecified atom stereocenters. The standard InChI is InChI=1S/C18H28N4O3/c1-14-5-4-6-15(20-14)9-22-12-18(13-22)11-21(2)16(10-25-18)17(23)19-7-8-24-3/h4-6,16H,7-13H2,1-3H3,(H,19,23)/t16-/m0/s1. The van der Waals surface area contributed by atoms with E-state index >= 15 is 0 Å². The number of hydrogen-bond acceptors (Lipinski definition) is 6. The van der Waals surface area contributed by atoms with Crippen LogP contribution < -0.4 is 5.32 Å². The molecule has 1 N–H and O–H groups in total. The first-order valence-corrected chi connectivity index (χ1v) is 8.77. The van der Waals surface area contributed by atoms with Crippen LogP contribution in [0.2, 0.25) is 0 Å². The third-order valence-electron chi connectivity index (χ3n) is 4.88. The molecular formula is C18H28N4O3. The van der Waals surface area contributed by atoms with E-state index in [1.54, 1.807) is 7.11 Å². The summed E-state index contributed by atoms with van der Waals surface area (Å²) in [6.07, 6.45) is 0. The molecule has 25 heavy (non-hydrogen) atoms. The molecule has 138 valence electrons. The molecule has 2 fully saturated rings. The molecule has 7 nitrogen and oxygen atoms in total. The number of hydrogen-bond donors (Lipinski definition) is 1. The normalized spacial score (nSPS) is 23.4. The zero-order chi connectivity index (χ0) is 17.9. The van der Waals surface area contributed by atoms with Gasteiger partial charge in [-0.3, -0.25) is 19.6 Å². The number of carbonyl (C=O) groups is 1. The van der Waals surface area contributed by atoms with Crippen LogP contribution >= 0.6 is 0 Å². The van der Waals surface area contributed by atoms with Gasteiger partial charge in [0.2, 0.25) is 5.91 Å². The number of nitrogens with zero attached hydrogens (tertiary/aromatic N) is 3. The summed E-state index contributed by atoms with van der Waals surface area (Å²) < 4.78 is 11.1. The van der Waals surface area contributed by atoms with Gasteiger partial charge in [0.25, 0.3) is 0 Å². The van der Waals surface area contributed by atoms with Crippen molar-refractivity contribution < 1.29 is 14.3 Å². The molecule has 0 bridgehead atoms. The third kappa shape index (κ3) is 4.36. The highest BCUT2D eigenvalue weighted by molar-refractivity contribution is 5.82. The lowest BCUT2D eigenvalue weighted by atomic mass is 9.90. The minimum atomic E-state index is -0.227. The molecule has 1 atom stereocenters. The average Bonchev–Trinajstić information content (AvgIpc) is 2.53. The van der Waals surface area contributed by atoms with Crippen LogP contribution in [0.15, 0.2) is 18.2 Å². The van der Waals surface area contributed by atoms with Gasteiger partial charge in [-0.2, -0.15) is 0 Å². The van der Waals surface area contributed by atoms with Crippen molar-refractivity contribution in [2.75, 3.05) is 53.6 Å². The second kappa shape index (κ2) is 7.78. The number of likely N-dealkylation sites (tertiary alicyclic amines) is 1. The molecule has 2 aliphatic rings. The lowest BCUT2D eigenvalue weighted by Crippen LogP contribution is -2.72. The minimum Gasteiger partial charge on any atom is -0.383 e. The van der Waals surface area contributed by atoms with Crippen molar-refractivity contribution in [1.29, 1.82) is 0 Å². The maximum atomic E-state index is 12.2. The first-order chi connectivity index (χ1) is 12.0. The van der Waals surface area contributed by atoms with E-state index in [1.807, 2.05) is 26.1 Å². The molecule has 1 spiro atoms. The second-order valence-electron chi connectivity index (χ2n) is 7.12. The van der Waals surface area contributed by atoms with Gasteiger partial charge in [0.15, 0.2) is 0 Å². The van der Waals surface area contributed by atoms with Crippen molar-refractivity contribution in [3.63, 3.8) is 0 Å². The molecule has 2 aliphatic heterocycles. The van der Waals surface area contributed by atoms with Crippen molar-refractivity contribution >= 4 is 5.91 Å². The van der Waals surface area contributed by atoms with Gasteiger partial charge in [-0.15, -0.1) is 0 Å². The van der Waals surface area contributed by atoms with Crippen LogP contribution in [-0.4, -0.2) is 85.9 Å². The summed E-state index contributed by atoms with van der Waals surface area (Å²) in [7, 11) is 3.62. The topological polar surface area (TPSA) is 66.9 Å². The van der Waals surface area contributed by atoms with Gasteiger partial charge in [-0.05, 0) is 26.1 Å². The summed E-state index contributed by atoms with van der Waals surface area (Å²) in [5, 5.41) is 2.89. The monoisotopic (exact) mass is 348 g/mol. The molecule has 3 heterocycles. The average molecular weight is 348 g/mol. The highest BCUT2D eigenvalue weighted by Gasteiger charge is 2.49. The Morgan fingerprint density at radius 2 is 2.24 bits per heavy atom. The third-order valence-corrected chi connectivity index (χ3v) is 4.88. The van der Waals surface area contributed by atoms with Crippen LogP contribution in [0.3, 0.4) is 0 Å². The predicted molar refractivity (Wildman–Crippen MR) is 94.2 cm³/mol. The van der Waals surface area contributed by atoms with E-state index in [1.165, 1.54) is 0 Å². The Bertz CT molecular complexity index is 604. The Morgan fingerprint density at radius 3 is 2.92 bits per heavy atom. The second-order valence-corrected chi connectivity index (χ2v) is 7.12. The number of amides is 1. The van der Waals surface area contributed by atoms with Gasteiger partial charge < -0.3 is 14.8 Å². The Balaban J connectivity index is 1.46. The van der Waals surface area contributed by atoms with Crippen LogP contribution in [0.5, 0.6) is 0 Å². The fourth-order valence-electron chi connectivity index (χ4n) is 3.65. The van der Waals surface area contributed by atoms with Gasteiger partial charge in [0.05, 0.1) is 18.9 Å². The zero-order valence-corrected chi connectivity index (χ0v) is 15.3. The molecule has 0 aliphatic carbocycles. The Hall–Kier alpha value is -1.54. The molecule has 0 saturated carbocycles. The Morgan fingerprint density at radius 1 is 1.44 bits per heavy atom. The van der Waals surface area contributed by atoms with Gasteiger partial charge in [0.1, 0.15) is 11.6 Å². The maximum absolute atomic E-state index is 12.2. The van der Waals surface area contributed by atoms with E-state index in [2.05, 4.69) is 26.2 Å². The lowest BCUT2D eigenvalue weighted by Gasteiger charge is -2.54. The van der Waals surface area contributed by atoms with Gasteiger partial charge in [0, 0.05) is 45.5 Å². The smallest absolute Gasteiger partial charge is 0.239 e. The summed E-state index contributed by atoms with van der Waals surface area (Å²) in [4.78, 5) is 21.2. The number of likely N-dealkylation sites (N-methyl/N-ethyl adjacent to an activating group) is 1. The van der Waals surface area contributed by atoms with Crippen molar-refractivity contribution in [1.82, 2.24) is 20.1 Å². The fraction of sp³-hybridized carbons (Fsp3) is 0.667. The lowest BCUT2D eigenvalue weighted by molar-refractivity contribution is -0.199. The van der Waals surface area contributed by atoms with E-state index in [0.717, 1.165) is 37.6 Å². The van der Waals surface area contributed by atoms with Crippen molar-refractivity contribution in [2.24, 2.45) is 0 Å². The molecule has 1 aromatic heterocycles. The molecule has 1 amide bonds. The number of morpholine rings is 1. The number of rotatable bonds is 6. The van der Waals surface area contributed by atoms with Crippen molar-refractivity contribution in [2.45, 2.75) is 25.1 Å². The SMILES string of the molecule is COCCNC(=O)[C@@H]1COC2(CN(Cc3cccc(C)n3)C2)CN1C. The predicted octanol–water partition coefficient (Wildman–Crippen LogP) is 0.0376. The van der Waals surface area contributed by atoms with E-state index in [0.29, 0.717) is 19.8 Å². The van der Waals surface area contributed by atoms with Crippen molar-refractivity contribution in [3.05, 3.63) is 29.6 Å². The summed E-state index contributed by atoms with van der Waals surface area (Å²) in [5.74, 6) is 0.00883. The molecule has 0 aromatic carbocycles. The first kappa shape index (κ1) is 18.3. The Labute approximate surface area is 149 Å². The van der Waals surface area contributed by atoms with Gasteiger partial charge >= 0.3 is 0 Å². The number of methoxy groups -OCH3 is 1. The summed E-state index contributed by atoms with van der Waals surface area (Å²) >= 11 is 0. The Kier molecular flexibility index (Phi) is 5.68. The molecule has 0 radical (unpaired) electrons. The highest BCUT2D eigenvalue weighted by atomic mass is 16.5. The van der Waals surface area contributed by atoms with E-state index in [9.17, 15) is 4.79 Å². The molecule has 3 rings (SSSR count). The fourth-order valence-corrected chi connectivity index (χ4v) is 3.65. The van der Waals surface area contributed by atoms with E-state index in [4.69, 9.17) is 9.47 Å². The highest BCUT2D eigenvalue weighted by Crippen LogP contribution is 2.31. The number of aryl methyl sites for hydroxylation is 1. The van der Waals surface area contributed by atoms with Gasteiger partial charge in [-0.25, -0.2) is 0 Å². The quantitative estimate of drug-likeness (QED) is 0.732. The minimum absolute atomic E-state index is 0.00883. The van der Waals surface area contributed by atoms with Crippen LogP contribution in [-0.2, 0) is 20.8 Å². The van der Waals surface area contributed by atoms with E-state index in [-0.39, 0.29) is 17.6 Å². The number of pyridine rings is 1. The van der Waals surface area contributed by atoms with Gasteiger partial charge in [-0.1, -0.05) is 6.07 Å². The number of aromatic nitrogens is 1. The largest absolute Gasteiger partial charge is 0.383 e. The summed E-state index contributed by atoms with van der Waals surface area (Å²) in [6, 6.07) is 5.89. The first-order valence-electron chi connectivity index (χ1n) is 8.77. The molecular weight excluding hydrogens is 320 g/mol. The van der Waals surface area contributed by atoms with E-state index < -0.39 is 0 Å². The zero-order valence-electron chi connectivity index (χ0n) is 15.3. The summed E-state index contributed by atoms with van der Waals surface area (Å²) in [6.45, 7) is 6.88. The number of ether oxygens (including phenoxy) is 2. The molecule has 7 heteroatoms. The molecule has 1 aromatic rings. The van der Waals surface area contributed by atoms with Crippen LogP contribution in [0, 0.1) is 6.92 Å². The van der Waals surface area contributed by atoms with Crippen LogP contribution in [0.4, 0.5) is 0 Å². The summed E-state index contributed by atoms with van der Waals surface area (Å²) in [5.41, 5.74) is 1.99. The van der Waals surface area contributed by atoms with Crippen LogP contribution in [0.1, 0.15) is 11.4 Å². The molecule has 2 saturated heterocycles.